The molecule has 0 amide bonds. The van der Waals surface area contributed by atoms with Crippen LogP contribution < -0.4 is 25.5 Å². The number of nitrogens with zero attached hydrogens (tertiary/aromatic N) is 1. The number of hydrogen-bond acceptors (Lipinski definition) is 4. The molecule has 1 aromatic heterocycles. The number of hydrogen-bond donors (Lipinski definition) is 1. The largest absolute Gasteiger partial charge is 0.497 e. The number of ether oxygens (including phenoxy) is 2. The maximum atomic E-state index is 10.2. The zero-order valence-electron chi connectivity index (χ0n) is 20.0. The predicted octanol–water partition coefficient (Wildman–Crippen LogP) is 3.63. The Bertz CT molecular complexity index is 1640. The van der Waals surface area contributed by atoms with Gasteiger partial charge in [0.25, 0.3) is 5.56 Å². The number of rotatable bonds is 3. The smallest absolute Gasteiger partial charge is 0.264 e. The summed E-state index contributed by atoms with van der Waals surface area (Å²) in [4.78, 5) is 10.2. The van der Waals surface area contributed by atoms with E-state index in [-0.39, 0.29) is 5.56 Å². The summed E-state index contributed by atoms with van der Waals surface area (Å²) in [6.45, 7) is 0. The normalized spacial score (nSPS) is 13.3. The lowest BCUT2D eigenvalue weighted by Gasteiger charge is -2.21. The molecule has 0 aliphatic heterocycles. The van der Waals surface area contributed by atoms with E-state index in [0.29, 0.717) is 0 Å². The van der Waals surface area contributed by atoms with Gasteiger partial charge in [0.15, 0.2) is 0 Å². The van der Waals surface area contributed by atoms with Gasteiger partial charge in [-0.15, -0.1) is 0 Å². The van der Waals surface area contributed by atoms with Gasteiger partial charge in [0, 0.05) is 23.9 Å². The molecule has 0 unspecified atom stereocenters. The van der Waals surface area contributed by atoms with Crippen molar-refractivity contribution in [1.29, 1.82) is 0 Å². The van der Waals surface area contributed by atoms with Crippen LogP contribution >= 0.6 is 0 Å². The number of aromatic nitrogens is 2. The van der Waals surface area contributed by atoms with Gasteiger partial charge in [-0.05, 0) is 81.5 Å². The van der Waals surface area contributed by atoms with Crippen molar-refractivity contribution in [1.82, 2.24) is 10.2 Å². The molecule has 0 bridgehead atoms. The van der Waals surface area contributed by atoms with Gasteiger partial charge in [0.2, 0.25) is 0 Å². The van der Waals surface area contributed by atoms with Crippen LogP contribution in [0.2, 0.25) is 0 Å². The van der Waals surface area contributed by atoms with Gasteiger partial charge in [-0.1, -0.05) is 42.5 Å². The van der Waals surface area contributed by atoms with Crippen LogP contribution in [-0.2, 0) is 12.8 Å². The van der Waals surface area contributed by atoms with Crippen LogP contribution in [0.5, 0.6) is 11.5 Å². The molecule has 3 aromatic carbocycles. The highest BCUT2D eigenvalue weighted by Gasteiger charge is 2.19. The monoisotopic (exact) mass is 464 g/mol. The second kappa shape index (κ2) is 10.0. The number of aromatic amines is 1. The van der Waals surface area contributed by atoms with Crippen LogP contribution in [-0.4, -0.2) is 24.4 Å². The average Bonchev–Trinajstić information content (AvgIpc) is 2.93. The van der Waals surface area contributed by atoms with Crippen LogP contribution in [0.25, 0.3) is 11.6 Å². The molecule has 0 saturated carbocycles. The first-order chi connectivity index (χ1) is 17.2. The van der Waals surface area contributed by atoms with Crippen molar-refractivity contribution < 1.29 is 9.47 Å². The Hall–Kier alpha value is -4.12. The van der Waals surface area contributed by atoms with Gasteiger partial charge in [-0.25, -0.2) is 5.10 Å². The highest BCUT2D eigenvalue weighted by molar-refractivity contribution is 5.74. The predicted molar refractivity (Wildman–Crippen MR) is 138 cm³/mol. The molecule has 5 nitrogen and oxygen atoms in total. The molecule has 5 heteroatoms. The van der Waals surface area contributed by atoms with Crippen molar-refractivity contribution in [2.24, 2.45) is 0 Å². The van der Waals surface area contributed by atoms with E-state index in [2.05, 4.69) is 58.7 Å². The lowest BCUT2D eigenvalue weighted by atomic mass is 9.84. The summed E-state index contributed by atoms with van der Waals surface area (Å²) >= 11 is 0. The van der Waals surface area contributed by atoms with Crippen molar-refractivity contribution in [3.05, 3.63) is 121 Å². The summed E-state index contributed by atoms with van der Waals surface area (Å²) in [6.07, 6.45) is 8.45. The lowest BCUT2D eigenvalue weighted by molar-refractivity contribution is 0.393. The second-order valence-electron chi connectivity index (χ2n) is 8.64. The molecule has 4 aromatic rings. The molecule has 176 valence electrons. The summed E-state index contributed by atoms with van der Waals surface area (Å²) in [5.74, 6) is 1.68. The molecule has 35 heavy (non-hydrogen) atoms. The van der Waals surface area contributed by atoms with E-state index in [1.54, 1.807) is 20.3 Å². The summed E-state index contributed by atoms with van der Waals surface area (Å²) in [6, 6.07) is 22.5. The molecule has 2 aliphatic rings. The van der Waals surface area contributed by atoms with Crippen LogP contribution in [0.1, 0.15) is 29.5 Å². The molecule has 0 spiro atoms. The Kier molecular flexibility index (Phi) is 6.49. The Labute approximate surface area is 203 Å². The zero-order chi connectivity index (χ0) is 24.2. The molecular formula is C30H28N2O3. The molecular weight excluding hydrogens is 436 g/mol. The summed E-state index contributed by atoms with van der Waals surface area (Å²) in [5, 5.41) is 11.1. The molecule has 1 N–H and O–H groups in total. The zero-order valence-corrected chi connectivity index (χ0v) is 20.0. The van der Waals surface area contributed by atoms with Crippen molar-refractivity contribution in [3.63, 3.8) is 0 Å². The Morgan fingerprint density at radius 1 is 0.857 bits per heavy atom. The minimum Gasteiger partial charge on any atom is -0.497 e. The van der Waals surface area contributed by atoms with Gasteiger partial charge < -0.3 is 9.47 Å². The number of H-pyrrole nitrogens is 1. The second-order valence-corrected chi connectivity index (χ2v) is 8.64. The third kappa shape index (κ3) is 4.50. The van der Waals surface area contributed by atoms with E-state index in [4.69, 9.17) is 9.47 Å². The van der Waals surface area contributed by atoms with E-state index in [1.807, 2.05) is 12.1 Å². The summed E-state index contributed by atoms with van der Waals surface area (Å²) in [5.41, 5.74) is 5.34. The SMILES string of the molecule is COc1ccc(C2=c3ccccc3=c3ccc4c(c3C2)CCCC=4)c(OC)c1.O=c1cccn[nH]1. The molecule has 0 radical (unpaired) electrons. The Morgan fingerprint density at radius 3 is 2.43 bits per heavy atom. The highest BCUT2D eigenvalue weighted by atomic mass is 16.5. The molecule has 6 rings (SSSR count). The Morgan fingerprint density at radius 2 is 1.71 bits per heavy atom. The fraction of sp³-hybridized carbons (Fsp3) is 0.200. The van der Waals surface area contributed by atoms with Crippen molar-refractivity contribution in [3.8, 4) is 11.5 Å². The number of nitrogens with one attached hydrogen (secondary N) is 1. The highest BCUT2D eigenvalue weighted by Crippen LogP contribution is 2.33. The Balaban J connectivity index is 0.000000313. The van der Waals surface area contributed by atoms with E-state index in [9.17, 15) is 4.79 Å². The molecule has 1 heterocycles. The van der Waals surface area contributed by atoms with E-state index in [1.165, 1.54) is 69.1 Å². The number of methoxy groups -OCH3 is 2. The van der Waals surface area contributed by atoms with Crippen LogP contribution in [0.3, 0.4) is 0 Å². The molecule has 0 saturated heterocycles. The van der Waals surface area contributed by atoms with E-state index in [0.717, 1.165) is 23.5 Å². The number of fused-ring (bicyclic) bond motifs is 4. The van der Waals surface area contributed by atoms with Crippen LogP contribution in [0, 0.1) is 10.4 Å². The van der Waals surface area contributed by atoms with Crippen molar-refractivity contribution in [2.75, 3.05) is 14.2 Å². The topological polar surface area (TPSA) is 64.2 Å². The fourth-order valence-electron chi connectivity index (χ4n) is 5.04. The minimum absolute atomic E-state index is 0.164. The first kappa shape index (κ1) is 22.7. The fourth-order valence-corrected chi connectivity index (χ4v) is 5.04. The first-order valence-electron chi connectivity index (χ1n) is 11.8. The molecule has 2 aliphatic carbocycles. The maximum Gasteiger partial charge on any atom is 0.264 e. The average molecular weight is 465 g/mol. The quantitative estimate of drug-likeness (QED) is 0.503. The van der Waals surface area contributed by atoms with Gasteiger partial charge in [0.05, 0.1) is 14.2 Å². The number of benzene rings is 3. The van der Waals surface area contributed by atoms with Crippen LogP contribution in [0.15, 0.2) is 77.7 Å². The van der Waals surface area contributed by atoms with Gasteiger partial charge in [0.1, 0.15) is 11.5 Å². The van der Waals surface area contributed by atoms with Gasteiger partial charge in [-0.2, -0.15) is 5.10 Å². The van der Waals surface area contributed by atoms with Gasteiger partial charge >= 0.3 is 0 Å². The third-order valence-corrected chi connectivity index (χ3v) is 6.68. The van der Waals surface area contributed by atoms with Crippen molar-refractivity contribution >= 4 is 11.6 Å². The summed E-state index contributed by atoms with van der Waals surface area (Å²) < 4.78 is 11.2. The summed E-state index contributed by atoms with van der Waals surface area (Å²) in [7, 11) is 3.43. The standard InChI is InChI=1S/C26H24O2.C4H4N2O/c1-27-18-12-14-23(26(15-18)28-2)25-16-24-19-8-4-3-7-17(19)11-13-22(24)20-9-5-6-10-21(20)25;7-4-2-1-3-5-6-4/h5-7,9-15H,3-4,8,16H2,1-2H3;1-3H,(H,6,7). The minimum atomic E-state index is -0.164. The third-order valence-electron chi connectivity index (χ3n) is 6.68. The molecule has 0 fully saturated rings. The maximum absolute atomic E-state index is 10.2. The van der Waals surface area contributed by atoms with Crippen molar-refractivity contribution in [2.45, 2.75) is 25.7 Å². The van der Waals surface area contributed by atoms with Gasteiger partial charge in [-0.3, -0.25) is 4.79 Å². The lowest BCUT2D eigenvalue weighted by Crippen LogP contribution is -2.22. The first-order valence-corrected chi connectivity index (χ1v) is 11.8. The van der Waals surface area contributed by atoms with E-state index >= 15 is 0 Å². The van der Waals surface area contributed by atoms with Crippen LogP contribution in [0.4, 0.5) is 0 Å². The van der Waals surface area contributed by atoms with E-state index < -0.39 is 0 Å². The molecule has 0 atom stereocenters.